The molecule has 6 heteroatoms. The van der Waals surface area contributed by atoms with Gasteiger partial charge in [-0.3, -0.25) is 4.79 Å². The summed E-state index contributed by atoms with van der Waals surface area (Å²) in [6.45, 7) is 12.8. The maximum absolute atomic E-state index is 13.0. The number of esters is 3. The Bertz CT molecular complexity index is 597. The molecular formula is C26H44O6. The Morgan fingerprint density at radius 3 is 2.16 bits per heavy atom. The van der Waals surface area contributed by atoms with E-state index in [-0.39, 0.29) is 19.0 Å². The van der Waals surface area contributed by atoms with Gasteiger partial charge in [0.25, 0.3) is 0 Å². The number of unbranched alkanes of at least 4 members (excludes halogenated alkanes) is 3. The van der Waals surface area contributed by atoms with Crippen LogP contribution in [0.15, 0.2) is 12.7 Å². The average Bonchev–Trinajstić information content (AvgIpc) is 2.75. The summed E-state index contributed by atoms with van der Waals surface area (Å²) in [5.74, 6) is -0.758. The lowest BCUT2D eigenvalue weighted by Gasteiger charge is -2.37. The molecule has 0 spiro atoms. The molecule has 0 aromatic carbocycles. The third-order valence-electron chi connectivity index (χ3n) is 5.96. The summed E-state index contributed by atoms with van der Waals surface area (Å²) in [5, 5.41) is 0. The number of carbonyl (C=O) groups excluding carboxylic acids is 3. The summed E-state index contributed by atoms with van der Waals surface area (Å²) < 4.78 is 16.5. The van der Waals surface area contributed by atoms with Crippen LogP contribution in [0.2, 0.25) is 0 Å². The molecular weight excluding hydrogens is 408 g/mol. The minimum absolute atomic E-state index is 0.101. The monoisotopic (exact) mass is 452 g/mol. The van der Waals surface area contributed by atoms with Crippen LogP contribution in [0.25, 0.3) is 0 Å². The van der Waals surface area contributed by atoms with Gasteiger partial charge in [0, 0.05) is 12.5 Å². The van der Waals surface area contributed by atoms with Crippen molar-refractivity contribution in [3.63, 3.8) is 0 Å². The maximum Gasteiger partial charge on any atom is 0.350 e. The Morgan fingerprint density at radius 2 is 1.53 bits per heavy atom. The van der Waals surface area contributed by atoms with E-state index in [1.54, 1.807) is 0 Å². The summed E-state index contributed by atoms with van der Waals surface area (Å²) in [6, 6.07) is 0. The van der Waals surface area contributed by atoms with Crippen LogP contribution in [0.1, 0.15) is 98.3 Å². The van der Waals surface area contributed by atoms with Crippen molar-refractivity contribution in [2.75, 3.05) is 13.2 Å². The summed E-state index contributed by atoms with van der Waals surface area (Å²) in [5.41, 5.74) is -1.44. The van der Waals surface area contributed by atoms with Crippen molar-refractivity contribution < 1.29 is 28.6 Å². The van der Waals surface area contributed by atoms with Crippen molar-refractivity contribution in [3.8, 4) is 0 Å². The van der Waals surface area contributed by atoms with E-state index in [2.05, 4.69) is 34.3 Å². The molecule has 0 bridgehead atoms. The second kappa shape index (κ2) is 15.1. The quantitative estimate of drug-likeness (QED) is 0.136. The van der Waals surface area contributed by atoms with Gasteiger partial charge in [-0.05, 0) is 50.4 Å². The lowest BCUT2D eigenvalue weighted by atomic mass is 9.77. The highest BCUT2D eigenvalue weighted by Gasteiger charge is 2.49. The number of carbonyl (C=O) groups is 3. The van der Waals surface area contributed by atoms with Gasteiger partial charge < -0.3 is 14.2 Å². The fourth-order valence-corrected chi connectivity index (χ4v) is 4.06. The highest BCUT2D eigenvalue weighted by Crippen LogP contribution is 2.37. The molecule has 0 saturated heterocycles. The molecule has 1 aliphatic carbocycles. The van der Waals surface area contributed by atoms with Crippen molar-refractivity contribution in [1.82, 2.24) is 0 Å². The van der Waals surface area contributed by atoms with Gasteiger partial charge in [0.1, 0.15) is 0 Å². The summed E-state index contributed by atoms with van der Waals surface area (Å²) in [4.78, 5) is 37.6. The van der Waals surface area contributed by atoms with E-state index in [4.69, 9.17) is 14.2 Å². The molecule has 0 N–H and O–H groups in total. The lowest BCUT2D eigenvalue weighted by molar-refractivity contribution is -0.188. The van der Waals surface area contributed by atoms with E-state index in [1.165, 1.54) is 0 Å². The molecule has 1 rings (SSSR count). The molecule has 1 fully saturated rings. The van der Waals surface area contributed by atoms with E-state index >= 15 is 0 Å². The van der Waals surface area contributed by atoms with E-state index in [1.807, 2.05) is 0 Å². The summed E-state index contributed by atoms with van der Waals surface area (Å²) in [7, 11) is 0. The lowest BCUT2D eigenvalue weighted by Crippen LogP contribution is -2.49. The van der Waals surface area contributed by atoms with Crippen LogP contribution >= 0.6 is 0 Å². The van der Waals surface area contributed by atoms with E-state index in [0.717, 1.165) is 51.0 Å². The van der Waals surface area contributed by atoms with Crippen molar-refractivity contribution in [3.05, 3.63) is 12.7 Å². The SMILES string of the molecule is C=CC(=O)OC1(C(=O)OCCCCCC(C)C)CCCC(C(=O)OCCCCC(C)C)C1. The van der Waals surface area contributed by atoms with Crippen molar-refractivity contribution in [2.45, 2.75) is 104 Å². The van der Waals surface area contributed by atoms with Crippen LogP contribution in [0.4, 0.5) is 0 Å². The molecule has 0 aromatic heterocycles. The number of ether oxygens (including phenoxy) is 3. The van der Waals surface area contributed by atoms with Gasteiger partial charge in [0.15, 0.2) is 0 Å². The van der Waals surface area contributed by atoms with E-state index in [9.17, 15) is 14.4 Å². The topological polar surface area (TPSA) is 78.9 Å². The smallest absolute Gasteiger partial charge is 0.350 e. The third kappa shape index (κ3) is 10.6. The Kier molecular flexibility index (Phi) is 13.3. The Hall–Kier alpha value is -1.85. The Balaban J connectivity index is 2.62. The van der Waals surface area contributed by atoms with Gasteiger partial charge in [0.05, 0.1) is 19.1 Å². The first-order valence-electron chi connectivity index (χ1n) is 12.4. The molecule has 0 radical (unpaired) electrons. The van der Waals surface area contributed by atoms with E-state index < -0.39 is 23.5 Å². The van der Waals surface area contributed by atoms with Gasteiger partial charge in [-0.25, -0.2) is 9.59 Å². The molecule has 2 atom stereocenters. The number of hydrogen-bond acceptors (Lipinski definition) is 6. The van der Waals surface area contributed by atoms with Gasteiger partial charge in [-0.15, -0.1) is 0 Å². The Morgan fingerprint density at radius 1 is 0.938 bits per heavy atom. The molecule has 1 aliphatic rings. The second-order valence-electron chi connectivity index (χ2n) is 9.85. The molecule has 184 valence electrons. The average molecular weight is 453 g/mol. The zero-order chi connectivity index (χ0) is 24.0. The highest BCUT2D eigenvalue weighted by atomic mass is 16.6. The van der Waals surface area contributed by atoms with Crippen molar-refractivity contribution in [2.24, 2.45) is 17.8 Å². The maximum atomic E-state index is 13.0. The first-order chi connectivity index (χ1) is 15.2. The van der Waals surface area contributed by atoms with Crippen LogP contribution in [0.5, 0.6) is 0 Å². The number of rotatable bonds is 15. The minimum atomic E-state index is -1.44. The van der Waals surface area contributed by atoms with Crippen molar-refractivity contribution >= 4 is 17.9 Å². The van der Waals surface area contributed by atoms with Crippen LogP contribution in [0.3, 0.4) is 0 Å². The standard InChI is InChI=1S/C26H44O6/c1-6-23(27)32-26(25(29)31-18-10-7-8-13-20(2)3)16-12-15-22(19-26)24(28)30-17-11-9-14-21(4)5/h6,20-22H,1,7-19H2,2-5H3. The molecule has 6 nitrogen and oxygen atoms in total. The van der Waals surface area contributed by atoms with E-state index in [0.29, 0.717) is 37.7 Å². The molecule has 1 saturated carbocycles. The van der Waals surface area contributed by atoms with Crippen LogP contribution in [-0.4, -0.2) is 36.7 Å². The molecule has 32 heavy (non-hydrogen) atoms. The molecule has 0 heterocycles. The minimum Gasteiger partial charge on any atom is -0.465 e. The van der Waals surface area contributed by atoms with Gasteiger partial charge in [-0.2, -0.15) is 0 Å². The van der Waals surface area contributed by atoms with Crippen LogP contribution in [-0.2, 0) is 28.6 Å². The molecule has 0 amide bonds. The molecule has 0 aliphatic heterocycles. The predicted molar refractivity (Wildman–Crippen MR) is 125 cm³/mol. The van der Waals surface area contributed by atoms with Gasteiger partial charge in [-0.1, -0.05) is 60.0 Å². The zero-order valence-electron chi connectivity index (χ0n) is 20.7. The summed E-state index contributed by atoms with van der Waals surface area (Å²) in [6.07, 6.45) is 9.62. The first kappa shape index (κ1) is 28.2. The first-order valence-corrected chi connectivity index (χ1v) is 12.4. The zero-order valence-corrected chi connectivity index (χ0v) is 20.7. The third-order valence-corrected chi connectivity index (χ3v) is 5.96. The van der Waals surface area contributed by atoms with Crippen LogP contribution in [0, 0.1) is 17.8 Å². The van der Waals surface area contributed by atoms with Crippen LogP contribution < -0.4 is 0 Å². The number of hydrogen-bond donors (Lipinski definition) is 0. The largest absolute Gasteiger partial charge is 0.465 e. The van der Waals surface area contributed by atoms with Gasteiger partial charge >= 0.3 is 17.9 Å². The fraction of sp³-hybridized carbons (Fsp3) is 0.808. The molecule has 0 aromatic rings. The van der Waals surface area contributed by atoms with Crippen molar-refractivity contribution in [1.29, 1.82) is 0 Å². The predicted octanol–water partition coefficient (Wildman–Crippen LogP) is 5.77. The normalized spacial score (nSPS) is 20.8. The fourth-order valence-electron chi connectivity index (χ4n) is 4.06. The summed E-state index contributed by atoms with van der Waals surface area (Å²) >= 11 is 0. The molecule has 2 unspecified atom stereocenters. The highest BCUT2D eigenvalue weighted by molar-refractivity contribution is 5.88. The second-order valence-corrected chi connectivity index (χ2v) is 9.85. The van der Waals surface area contributed by atoms with Gasteiger partial charge in [0.2, 0.25) is 5.60 Å². The Labute approximate surface area is 194 Å².